The summed E-state index contributed by atoms with van der Waals surface area (Å²) in [6.45, 7) is 0. The number of hydrogen-bond donors (Lipinski definition) is 1. The second kappa shape index (κ2) is 3.52. The smallest absolute Gasteiger partial charge is 0.188 e. The Balaban J connectivity index is 2.64. The largest absolute Gasteiger partial charge is 0.297 e. The van der Waals surface area contributed by atoms with Gasteiger partial charge in [0.1, 0.15) is 0 Å². The molecule has 5 heteroatoms. The second-order valence-electron chi connectivity index (χ2n) is 3.90. The van der Waals surface area contributed by atoms with Crippen LogP contribution in [0.4, 0.5) is 0 Å². The summed E-state index contributed by atoms with van der Waals surface area (Å²) in [4.78, 5) is 11.8. The van der Waals surface area contributed by atoms with Gasteiger partial charge in [-0.2, -0.15) is 0 Å². The molecule has 0 saturated carbocycles. The highest BCUT2D eigenvalue weighted by Crippen LogP contribution is 2.34. The first kappa shape index (κ1) is 11.0. The number of sulfone groups is 1. The van der Waals surface area contributed by atoms with Crippen molar-refractivity contribution in [2.45, 2.75) is 6.42 Å². The van der Waals surface area contributed by atoms with E-state index in [9.17, 15) is 13.2 Å². The number of hydrogen-bond acceptors (Lipinski definition) is 4. The molecule has 0 aliphatic heterocycles. The van der Waals surface area contributed by atoms with Gasteiger partial charge in [0, 0.05) is 6.26 Å². The Kier molecular flexibility index (Phi) is 2.42. The third-order valence-corrected chi connectivity index (χ3v) is 3.85. The quantitative estimate of drug-likeness (QED) is 0.739. The van der Waals surface area contributed by atoms with Crippen molar-refractivity contribution in [3.05, 3.63) is 34.8 Å². The summed E-state index contributed by atoms with van der Waals surface area (Å²) in [6.07, 6.45) is 7.92. The van der Waals surface area contributed by atoms with Gasteiger partial charge >= 0.3 is 0 Å². The Labute approximate surface area is 93.8 Å². The van der Waals surface area contributed by atoms with Crippen molar-refractivity contribution >= 4 is 21.3 Å². The second-order valence-corrected chi connectivity index (χ2v) is 5.88. The normalized spacial score (nSPS) is 24.9. The fourth-order valence-electron chi connectivity index (χ4n) is 1.93. The minimum Gasteiger partial charge on any atom is -0.297 e. The highest BCUT2D eigenvalue weighted by molar-refractivity contribution is 7.94. The molecule has 0 fully saturated rings. The first-order valence-corrected chi connectivity index (χ1v) is 6.72. The summed E-state index contributed by atoms with van der Waals surface area (Å²) >= 11 is 0. The lowest BCUT2D eigenvalue weighted by molar-refractivity contribution is -0.115. The van der Waals surface area contributed by atoms with E-state index >= 15 is 0 Å². The lowest BCUT2D eigenvalue weighted by atomic mass is 9.82. The Morgan fingerprint density at radius 2 is 2.12 bits per heavy atom. The number of carbonyl (C=O) groups excluding carboxylic acids is 1. The molecule has 1 atom stereocenters. The van der Waals surface area contributed by atoms with Crippen molar-refractivity contribution in [3.8, 4) is 0 Å². The van der Waals surface area contributed by atoms with E-state index in [1.807, 2.05) is 6.08 Å². The number of rotatable bonds is 1. The van der Waals surface area contributed by atoms with Crippen LogP contribution in [0.3, 0.4) is 0 Å². The number of fused-ring (bicyclic) bond motifs is 1. The Bertz CT molecular complexity index is 564. The molecule has 1 N–H and O–H groups in total. The monoisotopic (exact) mass is 237 g/mol. The Morgan fingerprint density at radius 3 is 2.75 bits per heavy atom. The van der Waals surface area contributed by atoms with Gasteiger partial charge in [-0.1, -0.05) is 18.2 Å². The summed E-state index contributed by atoms with van der Waals surface area (Å²) < 4.78 is 23.1. The van der Waals surface area contributed by atoms with Crippen LogP contribution >= 0.6 is 0 Å². The maximum atomic E-state index is 11.7. The molecule has 0 aromatic rings. The fraction of sp³-hybridized carbons (Fsp3) is 0.273. The van der Waals surface area contributed by atoms with E-state index in [4.69, 9.17) is 5.41 Å². The molecule has 2 rings (SSSR count). The van der Waals surface area contributed by atoms with Crippen molar-refractivity contribution in [1.29, 1.82) is 5.41 Å². The summed E-state index contributed by atoms with van der Waals surface area (Å²) in [5.74, 6) is -0.796. The molecule has 0 spiro atoms. The number of allylic oxidation sites excluding steroid dienone is 5. The van der Waals surface area contributed by atoms with E-state index in [0.29, 0.717) is 12.0 Å². The van der Waals surface area contributed by atoms with E-state index in [1.165, 1.54) is 0 Å². The summed E-state index contributed by atoms with van der Waals surface area (Å²) in [6, 6.07) is 0. The topological polar surface area (TPSA) is 75.1 Å². The van der Waals surface area contributed by atoms with Gasteiger partial charge in [-0.05, 0) is 18.1 Å². The number of nitrogens with one attached hydrogen (secondary N) is 1. The number of Topliss-reactive ketones (excluding diaryl/α,β-unsaturated/α-hetero) is 1. The van der Waals surface area contributed by atoms with Crippen molar-refractivity contribution < 1.29 is 13.2 Å². The molecule has 0 aromatic heterocycles. The van der Waals surface area contributed by atoms with E-state index in [1.54, 1.807) is 12.2 Å². The van der Waals surface area contributed by atoms with Crippen LogP contribution in [0.2, 0.25) is 0 Å². The zero-order chi connectivity index (χ0) is 11.9. The maximum absolute atomic E-state index is 11.7. The lowest BCUT2D eigenvalue weighted by Gasteiger charge is -2.25. The van der Waals surface area contributed by atoms with Gasteiger partial charge in [0.05, 0.1) is 16.5 Å². The van der Waals surface area contributed by atoms with Gasteiger partial charge in [0.15, 0.2) is 15.6 Å². The average molecular weight is 237 g/mol. The first-order valence-electron chi connectivity index (χ1n) is 4.83. The average Bonchev–Trinajstić information content (AvgIpc) is 2.22. The van der Waals surface area contributed by atoms with E-state index in [-0.39, 0.29) is 16.4 Å². The minimum atomic E-state index is -3.39. The van der Waals surface area contributed by atoms with Gasteiger partial charge < -0.3 is 0 Å². The van der Waals surface area contributed by atoms with Crippen LogP contribution in [0.5, 0.6) is 0 Å². The fourth-order valence-corrected chi connectivity index (χ4v) is 2.90. The lowest BCUT2D eigenvalue weighted by Crippen LogP contribution is -2.31. The predicted molar refractivity (Wildman–Crippen MR) is 61.0 cm³/mol. The third kappa shape index (κ3) is 1.67. The van der Waals surface area contributed by atoms with E-state index in [2.05, 4.69) is 0 Å². The molecular weight excluding hydrogens is 226 g/mol. The van der Waals surface area contributed by atoms with Crippen molar-refractivity contribution in [3.63, 3.8) is 0 Å². The summed E-state index contributed by atoms with van der Waals surface area (Å²) in [7, 11) is -3.39. The van der Waals surface area contributed by atoms with Crippen molar-refractivity contribution in [1.82, 2.24) is 0 Å². The molecule has 0 amide bonds. The van der Waals surface area contributed by atoms with Crippen LogP contribution in [0.15, 0.2) is 34.8 Å². The summed E-state index contributed by atoms with van der Waals surface area (Å²) in [5.41, 5.74) is 0.295. The Hall–Kier alpha value is -1.49. The van der Waals surface area contributed by atoms with Crippen LogP contribution in [0.25, 0.3) is 0 Å². The molecule has 1 unspecified atom stereocenters. The summed E-state index contributed by atoms with van der Waals surface area (Å²) in [5, 5.41) is 7.49. The molecule has 2 aliphatic rings. The molecule has 16 heavy (non-hydrogen) atoms. The van der Waals surface area contributed by atoms with Crippen LogP contribution in [-0.2, 0) is 14.6 Å². The van der Waals surface area contributed by atoms with E-state index in [0.717, 1.165) is 12.3 Å². The molecule has 0 saturated heterocycles. The molecule has 0 aromatic carbocycles. The molecular formula is C11H11NO3S. The standard InChI is InChI=1S/C11H11NO3S/c1-16(14,15)10-6-9(12)11(13)8-5-3-2-4-7(8)10/h2-4,6,8,12H,5H2,1H3. The van der Waals surface area contributed by atoms with Crippen LogP contribution in [-0.4, -0.2) is 26.2 Å². The van der Waals surface area contributed by atoms with Crippen LogP contribution in [0, 0.1) is 11.3 Å². The molecule has 0 bridgehead atoms. The maximum Gasteiger partial charge on any atom is 0.188 e. The van der Waals surface area contributed by atoms with Crippen molar-refractivity contribution in [2.75, 3.05) is 6.26 Å². The van der Waals surface area contributed by atoms with E-state index < -0.39 is 15.8 Å². The highest BCUT2D eigenvalue weighted by Gasteiger charge is 2.35. The highest BCUT2D eigenvalue weighted by atomic mass is 32.2. The number of carbonyl (C=O) groups is 1. The van der Waals surface area contributed by atoms with Gasteiger partial charge in [-0.15, -0.1) is 0 Å². The van der Waals surface area contributed by atoms with Gasteiger partial charge in [0.25, 0.3) is 0 Å². The van der Waals surface area contributed by atoms with Gasteiger partial charge in [-0.3, -0.25) is 10.2 Å². The zero-order valence-electron chi connectivity index (χ0n) is 8.73. The van der Waals surface area contributed by atoms with Crippen molar-refractivity contribution in [2.24, 2.45) is 5.92 Å². The first-order chi connectivity index (χ1) is 7.41. The molecule has 0 heterocycles. The predicted octanol–water partition coefficient (Wildman–Crippen LogP) is 1.02. The van der Waals surface area contributed by atoms with Crippen LogP contribution in [0.1, 0.15) is 6.42 Å². The molecule has 0 radical (unpaired) electrons. The molecule has 4 nitrogen and oxygen atoms in total. The zero-order valence-corrected chi connectivity index (χ0v) is 9.54. The molecule has 2 aliphatic carbocycles. The SMILES string of the molecule is CS(=O)(=O)C1=CC(=N)C(=O)C2CC=CC=C12. The van der Waals surface area contributed by atoms with Crippen LogP contribution < -0.4 is 0 Å². The third-order valence-electron chi connectivity index (χ3n) is 2.70. The molecule has 84 valence electrons. The number of ketones is 1. The minimum absolute atomic E-state index is 0.103. The van der Waals surface area contributed by atoms with Gasteiger partial charge in [-0.25, -0.2) is 8.42 Å². The Morgan fingerprint density at radius 1 is 1.44 bits per heavy atom. The van der Waals surface area contributed by atoms with Gasteiger partial charge in [0.2, 0.25) is 0 Å².